The first-order chi connectivity index (χ1) is 7.97. The minimum atomic E-state index is -4.40. The Morgan fingerprint density at radius 1 is 0.941 bits per heavy atom. The standard InChI is InChI=1S/C12H9F3N2/c1-8-2-4-9(5-3-8)11-16-6-10(7-17-11)12(13,14)15/h2-7H,1H3. The van der Waals surface area contributed by atoms with Crippen LogP contribution in [0.2, 0.25) is 0 Å². The highest BCUT2D eigenvalue weighted by Gasteiger charge is 2.31. The van der Waals surface area contributed by atoms with Gasteiger partial charge in [0.25, 0.3) is 0 Å². The summed E-state index contributed by atoms with van der Waals surface area (Å²) in [5.74, 6) is 0.290. The van der Waals surface area contributed by atoms with Crippen molar-refractivity contribution in [3.05, 3.63) is 47.8 Å². The fourth-order valence-electron chi connectivity index (χ4n) is 1.33. The van der Waals surface area contributed by atoms with Crippen molar-refractivity contribution >= 4 is 0 Å². The van der Waals surface area contributed by atoms with Crippen LogP contribution in [0.5, 0.6) is 0 Å². The van der Waals surface area contributed by atoms with Crippen LogP contribution in [0.15, 0.2) is 36.7 Å². The molecule has 0 saturated carbocycles. The number of alkyl halides is 3. The van der Waals surface area contributed by atoms with Gasteiger partial charge in [-0.2, -0.15) is 13.2 Å². The number of aryl methyl sites for hydroxylation is 1. The Labute approximate surface area is 96.2 Å². The maximum atomic E-state index is 12.3. The molecule has 1 aromatic carbocycles. The highest BCUT2D eigenvalue weighted by Crippen LogP contribution is 2.28. The topological polar surface area (TPSA) is 25.8 Å². The molecule has 0 radical (unpaired) electrons. The Kier molecular flexibility index (Phi) is 2.83. The summed E-state index contributed by atoms with van der Waals surface area (Å²) < 4.78 is 36.9. The van der Waals surface area contributed by atoms with Crippen LogP contribution in [0.4, 0.5) is 13.2 Å². The first-order valence-electron chi connectivity index (χ1n) is 4.93. The van der Waals surface area contributed by atoms with E-state index >= 15 is 0 Å². The fourth-order valence-corrected chi connectivity index (χ4v) is 1.33. The third-order valence-electron chi connectivity index (χ3n) is 2.29. The summed E-state index contributed by atoms with van der Waals surface area (Å²) in [6, 6.07) is 7.27. The van der Waals surface area contributed by atoms with Gasteiger partial charge in [-0.25, -0.2) is 9.97 Å². The zero-order valence-electron chi connectivity index (χ0n) is 8.99. The first-order valence-corrected chi connectivity index (χ1v) is 4.93. The summed E-state index contributed by atoms with van der Waals surface area (Å²) in [6.45, 7) is 1.93. The summed E-state index contributed by atoms with van der Waals surface area (Å²) >= 11 is 0. The Bertz CT molecular complexity index is 501. The number of nitrogens with zero attached hydrogens (tertiary/aromatic N) is 2. The molecule has 0 aliphatic heterocycles. The highest BCUT2D eigenvalue weighted by atomic mass is 19.4. The van der Waals surface area contributed by atoms with Crippen molar-refractivity contribution in [2.45, 2.75) is 13.1 Å². The van der Waals surface area contributed by atoms with Crippen molar-refractivity contribution in [2.24, 2.45) is 0 Å². The van der Waals surface area contributed by atoms with Crippen LogP contribution in [0.3, 0.4) is 0 Å². The number of halogens is 3. The minimum absolute atomic E-state index is 0.290. The van der Waals surface area contributed by atoms with Crippen molar-refractivity contribution in [2.75, 3.05) is 0 Å². The molecule has 2 rings (SSSR count). The molecule has 0 amide bonds. The summed E-state index contributed by atoms with van der Waals surface area (Å²) in [7, 11) is 0. The molecule has 1 aromatic heterocycles. The van der Waals surface area contributed by atoms with Crippen molar-refractivity contribution in [3.8, 4) is 11.4 Å². The van der Waals surface area contributed by atoms with E-state index in [-0.39, 0.29) is 5.82 Å². The Balaban J connectivity index is 2.33. The molecule has 0 unspecified atom stereocenters. The van der Waals surface area contributed by atoms with Crippen LogP contribution < -0.4 is 0 Å². The number of hydrogen-bond acceptors (Lipinski definition) is 2. The summed E-state index contributed by atoms with van der Waals surface area (Å²) in [5, 5.41) is 0. The second-order valence-corrected chi connectivity index (χ2v) is 3.66. The lowest BCUT2D eigenvalue weighted by Crippen LogP contribution is -2.06. The monoisotopic (exact) mass is 238 g/mol. The van der Waals surface area contributed by atoms with E-state index in [0.717, 1.165) is 18.0 Å². The lowest BCUT2D eigenvalue weighted by molar-refractivity contribution is -0.138. The van der Waals surface area contributed by atoms with Crippen LogP contribution in [-0.4, -0.2) is 9.97 Å². The van der Waals surface area contributed by atoms with E-state index in [1.165, 1.54) is 0 Å². The maximum Gasteiger partial charge on any atom is 0.419 e. The average molecular weight is 238 g/mol. The molecule has 88 valence electrons. The number of hydrogen-bond donors (Lipinski definition) is 0. The molecule has 0 bridgehead atoms. The first kappa shape index (κ1) is 11.6. The van der Waals surface area contributed by atoms with E-state index in [1.54, 1.807) is 12.1 Å². The van der Waals surface area contributed by atoms with Gasteiger partial charge in [-0.3, -0.25) is 0 Å². The molecule has 0 atom stereocenters. The van der Waals surface area contributed by atoms with Crippen LogP contribution in [-0.2, 0) is 6.18 Å². The van der Waals surface area contributed by atoms with Gasteiger partial charge in [0.15, 0.2) is 5.82 Å². The van der Waals surface area contributed by atoms with E-state index in [9.17, 15) is 13.2 Å². The molecule has 2 aromatic rings. The van der Waals surface area contributed by atoms with Crippen molar-refractivity contribution in [3.63, 3.8) is 0 Å². The normalized spacial score (nSPS) is 11.5. The van der Waals surface area contributed by atoms with Gasteiger partial charge in [0, 0.05) is 18.0 Å². The molecular formula is C12H9F3N2. The van der Waals surface area contributed by atoms with E-state index in [4.69, 9.17) is 0 Å². The second-order valence-electron chi connectivity index (χ2n) is 3.66. The summed E-state index contributed by atoms with van der Waals surface area (Å²) in [6.07, 6.45) is -2.81. The zero-order valence-corrected chi connectivity index (χ0v) is 8.99. The maximum absolute atomic E-state index is 12.3. The lowest BCUT2D eigenvalue weighted by Gasteiger charge is -2.06. The number of rotatable bonds is 1. The third kappa shape index (κ3) is 2.61. The molecular weight excluding hydrogens is 229 g/mol. The lowest BCUT2D eigenvalue weighted by atomic mass is 10.1. The Morgan fingerprint density at radius 3 is 1.94 bits per heavy atom. The van der Waals surface area contributed by atoms with Gasteiger partial charge < -0.3 is 0 Å². The van der Waals surface area contributed by atoms with Crippen molar-refractivity contribution < 1.29 is 13.2 Å². The van der Waals surface area contributed by atoms with Gasteiger partial charge in [-0.1, -0.05) is 29.8 Å². The van der Waals surface area contributed by atoms with Crippen LogP contribution >= 0.6 is 0 Å². The smallest absolute Gasteiger partial charge is 0.236 e. The average Bonchev–Trinajstić information content (AvgIpc) is 2.29. The Hall–Kier alpha value is -1.91. The van der Waals surface area contributed by atoms with Gasteiger partial charge in [-0.15, -0.1) is 0 Å². The van der Waals surface area contributed by atoms with Crippen molar-refractivity contribution in [1.29, 1.82) is 0 Å². The largest absolute Gasteiger partial charge is 0.419 e. The highest BCUT2D eigenvalue weighted by molar-refractivity contribution is 5.54. The minimum Gasteiger partial charge on any atom is -0.236 e. The third-order valence-corrected chi connectivity index (χ3v) is 2.29. The molecule has 17 heavy (non-hydrogen) atoms. The van der Waals surface area contributed by atoms with E-state index in [2.05, 4.69) is 9.97 Å². The van der Waals surface area contributed by atoms with Gasteiger partial charge in [-0.05, 0) is 6.92 Å². The molecule has 0 fully saturated rings. The second kappa shape index (κ2) is 4.16. The zero-order chi connectivity index (χ0) is 12.5. The molecule has 5 heteroatoms. The summed E-state index contributed by atoms with van der Waals surface area (Å²) in [5.41, 5.74) is 0.929. The predicted molar refractivity (Wildman–Crippen MR) is 57.2 cm³/mol. The molecule has 0 aliphatic carbocycles. The molecule has 2 nitrogen and oxygen atoms in total. The molecule has 0 N–H and O–H groups in total. The molecule has 1 heterocycles. The SMILES string of the molecule is Cc1ccc(-c2ncc(C(F)(F)F)cn2)cc1. The van der Waals surface area contributed by atoms with Gasteiger partial charge >= 0.3 is 6.18 Å². The quantitative estimate of drug-likeness (QED) is 0.760. The van der Waals surface area contributed by atoms with Crippen LogP contribution in [0.25, 0.3) is 11.4 Å². The number of benzene rings is 1. The van der Waals surface area contributed by atoms with Crippen molar-refractivity contribution in [1.82, 2.24) is 9.97 Å². The van der Waals surface area contributed by atoms with E-state index < -0.39 is 11.7 Å². The molecule has 0 aliphatic rings. The Morgan fingerprint density at radius 2 is 1.47 bits per heavy atom. The summed E-state index contributed by atoms with van der Waals surface area (Å²) in [4.78, 5) is 7.43. The van der Waals surface area contributed by atoms with Crippen LogP contribution in [0.1, 0.15) is 11.1 Å². The van der Waals surface area contributed by atoms with E-state index in [1.807, 2.05) is 19.1 Å². The fraction of sp³-hybridized carbons (Fsp3) is 0.167. The van der Waals surface area contributed by atoms with Crippen LogP contribution in [0, 0.1) is 6.92 Å². The van der Waals surface area contributed by atoms with Gasteiger partial charge in [0.2, 0.25) is 0 Å². The van der Waals surface area contributed by atoms with Gasteiger partial charge in [0.1, 0.15) is 0 Å². The predicted octanol–water partition coefficient (Wildman–Crippen LogP) is 3.47. The molecule has 0 saturated heterocycles. The van der Waals surface area contributed by atoms with E-state index in [0.29, 0.717) is 5.56 Å². The molecule has 0 spiro atoms. The number of aromatic nitrogens is 2. The van der Waals surface area contributed by atoms with Gasteiger partial charge in [0.05, 0.1) is 5.56 Å².